The van der Waals surface area contributed by atoms with E-state index in [9.17, 15) is 4.79 Å². The first-order valence-corrected chi connectivity index (χ1v) is 3.81. The maximum Gasteiger partial charge on any atom is 0.338 e. The number of hydrogen-bond acceptors (Lipinski definition) is 2. The van der Waals surface area contributed by atoms with Gasteiger partial charge in [0.25, 0.3) is 0 Å². The van der Waals surface area contributed by atoms with Gasteiger partial charge in [-0.3, -0.25) is 0 Å². The zero-order chi connectivity index (χ0) is 9.14. The molecule has 0 unspecified atom stereocenters. The molecule has 1 aromatic carbocycles. The second kappa shape index (κ2) is 3.39. The first-order chi connectivity index (χ1) is 5.66. The predicted octanol–water partition coefficient (Wildman–Crippen LogP) is 2.09. The summed E-state index contributed by atoms with van der Waals surface area (Å²) in [5, 5.41) is 0. The van der Waals surface area contributed by atoms with Crippen LogP contribution in [0.5, 0.6) is 0 Å². The maximum absolute atomic E-state index is 11.2. The number of hydrogen-bond donors (Lipinski definition) is 0. The van der Waals surface area contributed by atoms with Crippen molar-refractivity contribution in [3.63, 3.8) is 0 Å². The number of carbonyl (C=O) groups excluding carboxylic acids is 1. The highest BCUT2D eigenvalue weighted by molar-refractivity contribution is 5.92. The Morgan fingerprint density at radius 3 is 2.17 bits per heavy atom. The fourth-order valence-electron chi connectivity index (χ4n) is 1.24. The Kier molecular flexibility index (Phi) is 2.48. The van der Waals surface area contributed by atoms with E-state index in [0.29, 0.717) is 5.56 Å². The van der Waals surface area contributed by atoms with Crippen LogP contribution in [0.1, 0.15) is 21.5 Å². The molecule has 2 nitrogen and oxygen atoms in total. The Hall–Kier alpha value is -1.31. The molecule has 0 N–H and O–H groups in total. The number of rotatable bonds is 1. The third-order valence-corrected chi connectivity index (χ3v) is 1.87. The van der Waals surface area contributed by atoms with Crippen LogP contribution >= 0.6 is 0 Å². The van der Waals surface area contributed by atoms with Crippen LogP contribution in [0.3, 0.4) is 0 Å². The lowest BCUT2D eigenvalue weighted by Gasteiger charge is -2.05. The van der Waals surface area contributed by atoms with E-state index >= 15 is 0 Å². The van der Waals surface area contributed by atoms with Crippen LogP contribution in [0.15, 0.2) is 18.2 Å². The molecular weight excluding hydrogens is 152 g/mol. The normalized spacial score (nSPS) is 9.58. The smallest absolute Gasteiger partial charge is 0.338 e. The minimum Gasteiger partial charge on any atom is -0.465 e. The zero-order valence-electron chi connectivity index (χ0n) is 7.55. The highest BCUT2D eigenvalue weighted by atomic mass is 16.5. The molecule has 0 saturated carbocycles. The van der Waals surface area contributed by atoms with E-state index in [0.717, 1.165) is 11.1 Å². The first kappa shape index (κ1) is 8.78. The lowest BCUT2D eigenvalue weighted by Crippen LogP contribution is -2.05. The molecule has 0 atom stereocenters. The van der Waals surface area contributed by atoms with E-state index in [-0.39, 0.29) is 5.97 Å². The van der Waals surface area contributed by atoms with Gasteiger partial charge in [-0.1, -0.05) is 18.2 Å². The summed E-state index contributed by atoms with van der Waals surface area (Å²) >= 11 is 0. The molecule has 0 amide bonds. The number of benzene rings is 1. The first-order valence-electron chi connectivity index (χ1n) is 3.81. The second-order valence-electron chi connectivity index (χ2n) is 2.76. The minimum atomic E-state index is -0.259. The van der Waals surface area contributed by atoms with Crippen molar-refractivity contribution >= 4 is 5.97 Å². The average molecular weight is 164 g/mol. The van der Waals surface area contributed by atoms with Crippen molar-refractivity contribution in [2.45, 2.75) is 13.8 Å². The van der Waals surface area contributed by atoms with Crippen molar-refractivity contribution in [2.75, 3.05) is 7.11 Å². The average Bonchev–Trinajstić information content (AvgIpc) is 2.03. The summed E-state index contributed by atoms with van der Waals surface area (Å²) in [6.07, 6.45) is 0. The molecule has 1 aromatic rings. The summed E-state index contributed by atoms with van der Waals surface area (Å²) in [5.74, 6) is -0.259. The largest absolute Gasteiger partial charge is 0.465 e. The van der Waals surface area contributed by atoms with E-state index in [1.54, 1.807) is 0 Å². The molecule has 0 bridgehead atoms. The number of esters is 1. The molecule has 0 radical (unpaired) electrons. The standard InChI is InChI=1S/C10H12O2/c1-7-5-4-6-8(2)9(7)10(11)12-3/h4-6H,1-3H3. The molecule has 0 aromatic heterocycles. The molecule has 0 aliphatic carbocycles. The number of ether oxygens (including phenoxy) is 1. The van der Waals surface area contributed by atoms with Gasteiger partial charge in [0.15, 0.2) is 0 Å². The highest BCUT2D eigenvalue weighted by Crippen LogP contribution is 2.13. The summed E-state index contributed by atoms with van der Waals surface area (Å²) in [6, 6.07) is 5.73. The molecular formula is C10H12O2. The number of aryl methyl sites for hydroxylation is 2. The highest BCUT2D eigenvalue weighted by Gasteiger charge is 2.10. The third kappa shape index (κ3) is 1.47. The molecule has 12 heavy (non-hydrogen) atoms. The van der Waals surface area contributed by atoms with Crippen LogP contribution in [-0.2, 0) is 4.74 Å². The van der Waals surface area contributed by atoms with Gasteiger partial charge in [0.1, 0.15) is 0 Å². The van der Waals surface area contributed by atoms with Gasteiger partial charge < -0.3 is 4.74 Å². The second-order valence-corrected chi connectivity index (χ2v) is 2.76. The molecule has 2 heteroatoms. The SMILES string of the molecule is COC(=O)c1c(C)cccc1C. The molecule has 1 rings (SSSR count). The fraction of sp³-hybridized carbons (Fsp3) is 0.300. The van der Waals surface area contributed by atoms with Crippen LogP contribution in [0.4, 0.5) is 0 Å². The van der Waals surface area contributed by atoms with Crippen molar-refractivity contribution in [3.05, 3.63) is 34.9 Å². The van der Waals surface area contributed by atoms with Gasteiger partial charge in [0.2, 0.25) is 0 Å². The molecule has 0 spiro atoms. The molecule has 0 saturated heterocycles. The van der Waals surface area contributed by atoms with E-state index in [2.05, 4.69) is 4.74 Å². The van der Waals surface area contributed by atoms with Crippen molar-refractivity contribution in [3.8, 4) is 0 Å². The van der Waals surface area contributed by atoms with E-state index in [1.165, 1.54) is 7.11 Å². The van der Waals surface area contributed by atoms with E-state index in [4.69, 9.17) is 0 Å². The van der Waals surface area contributed by atoms with Crippen molar-refractivity contribution in [1.82, 2.24) is 0 Å². The lowest BCUT2D eigenvalue weighted by molar-refractivity contribution is 0.0599. The Bertz CT molecular complexity index is 282. The van der Waals surface area contributed by atoms with Crippen LogP contribution in [-0.4, -0.2) is 13.1 Å². The molecule has 0 fully saturated rings. The lowest BCUT2D eigenvalue weighted by atomic mass is 10.0. The zero-order valence-corrected chi connectivity index (χ0v) is 7.55. The summed E-state index contributed by atoms with van der Waals surface area (Å²) < 4.78 is 4.66. The van der Waals surface area contributed by atoms with Crippen LogP contribution in [0.25, 0.3) is 0 Å². The Morgan fingerprint density at radius 2 is 1.75 bits per heavy atom. The summed E-state index contributed by atoms with van der Waals surface area (Å²) in [4.78, 5) is 11.2. The number of methoxy groups -OCH3 is 1. The van der Waals surface area contributed by atoms with E-state index in [1.807, 2.05) is 32.0 Å². The van der Waals surface area contributed by atoms with Gasteiger partial charge in [0, 0.05) is 0 Å². The van der Waals surface area contributed by atoms with Crippen LogP contribution < -0.4 is 0 Å². The van der Waals surface area contributed by atoms with Gasteiger partial charge in [0.05, 0.1) is 12.7 Å². The summed E-state index contributed by atoms with van der Waals surface area (Å²) in [7, 11) is 1.40. The van der Waals surface area contributed by atoms with Crippen molar-refractivity contribution in [2.24, 2.45) is 0 Å². The molecule has 0 heterocycles. The monoisotopic (exact) mass is 164 g/mol. The number of carbonyl (C=O) groups is 1. The fourth-order valence-corrected chi connectivity index (χ4v) is 1.24. The Morgan fingerprint density at radius 1 is 1.25 bits per heavy atom. The topological polar surface area (TPSA) is 26.3 Å². The molecule has 0 aliphatic heterocycles. The minimum absolute atomic E-state index is 0.259. The predicted molar refractivity (Wildman–Crippen MR) is 47.3 cm³/mol. The van der Waals surface area contributed by atoms with Crippen molar-refractivity contribution in [1.29, 1.82) is 0 Å². The maximum atomic E-state index is 11.2. The third-order valence-electron chi connectivity index (χ3n) is 1.87. The van der Waals surface area contributed by atoms with Gasteiger partial charge in [-0.25, -0.2) is 4.79 Å². The quantitative estimate of drug-likeness (QED) is 0.594. The Balaban J connectivity index is 3.21. The van der Waals surface area contributed by atoms with Crippen LogP contribution in [0, 0.1) is 13.8 Å². The summed E-state index contributed by atoms with van der Waals surface area (Å²) in [6.45, 7) is 3.80. The van der Waals surface area contributed by atoms with Gasteiger partial charge in [-0.05, 0) is 25.0 Å². The van der Waals surface area contributed by atoms with Crippen LogP contribution in [0.2, 0.25) is 0 Å². The Labute approximate surface area is 72.2 Å². The van der Waals surface area contributed by atoms with Crippen molar-refractivity contribution < 1.29 is 9.53 Å². The van der Waals surface area contributed by atoms with Gasteiger partial charge in [-0.15, -0.1) is 0 Å². The molecule has 0 aliphatic rings. The van der Waals surface area contributed by atoms with Gasteiger partial charge in [-0.2, -0.15) is 0 Å². The summed E-state index contributed by atoms with van der Waals surface area (Å²) in [5.41, 5.74) is 2.60. The van der Waals surface area contributed by atoms with Gasteiger partial charge >= 0.3 is 5.97 Å². The van der Waals surface area contributed by atoms with E-state index < -0.39 is 0 Å². The molecule has 64 valence electrons.